The highest BCUT2D eigenvalue weighted by Gasteiger charge is 2.64. The average Bonchev–Trinajstić information content (AvgIpc) is 2.91. The summed E-state index contributed by atoms with van der Waals surface area (Å²) >= 11 is 0. The van der Waals surface area contributed by atoms with Gasteiger partial charge in [0.2, 0.25) is 0 Å². The Balaban J connectivity index is 2.00. The molecule has 0 amide bonds. The molecule has 4 rings (SSSR count). The predicted octanol–water partition coefficient (Wildman–Crippen LogP) is 5.31. The normalized spacial score (nSPS) is 30.6. The lowest BCUT2D eigenvalue weighted by Crippen LogP contribution is -2.35. The molecule has 0 aliphatic heterocycles. The van der Waals surface area contributed by atoms with Gasteiger partial charge in [-0.05, 0) is 46.4 Å². The summed E-state index contributed by atoms with van der Waals surface area (Å²) in [6.07, 6.45) is 1.94. The zero-order chi connectivity index (χ0) is 16.9. The number of hydrogen-bond acceptors (Lipinski definition) is 1. The lowest BCUT2D eigenvalue weighted by molar-refractivity contribution is 0.0263. The third kappa shape index (κ3) is 1.97. The Bertz CT molecular complexity index is 731. The Morgan fingerprint density at radius 3 is 1.79 bits per heavy atom. The third-order valence-corrected chi connectivity index (χ3v) is 6.98. The molecule has 124 valence electrons. The summed E-state index contributed by atoms with van der Waals surface area (Å²) in [7, 11) is 0. The van der Waals surface area contributed by atoms with Crippen LogP contribution in [0.25, 0.3) is 5.57 Å². The van der Waals surface area contributed by atoms with Crippen LogP contribution in [0.4, 0.5) is 0 Å². The van der Waals surface area contributed by atoms with Crippen molar-refractivity contribution >= 4 is 5.57 Å². The molecule has 2 aliphatic carbocycles. The number of benzene rings is 2. The molecule has 2 saturated carbocycles. The number of aliphatic hydroxyl groups is 1. The fourth-order valence-electron chi connectivity index (χ4n) is 5.11. The minimum atomic E-state index is -0.360. The van der Waals surface area contributed by atoms with Gasteiger partial charge in [0.1, 0.15) is 0 Å². The maximum atomic E-state index is 11.3. The Labute approximate surface area is 145 Å². The van der Waals surface area contributed by atoms with Crippen molar-refractivity contribution in [3.63, 3.8) is 0 Å². The van der Waals surface area contributed by atoms with Crippen LogP contribution in [0.15, 0.2) is 66.2 Å². The SMILES string of the molecule is CC1(C)[C@@H]2CC[C@]1(C)[C@H](O)C2=C(c1ccccc1)c1ccccc1. The van der Waals surface area contributed by atoms with Crippen LogP contribution in [-0.2, 0) is 0 Å². The molecular formula is C23H26O. The maximum absolute atomic E-state index is 11.3. The molecule has 2 bridgehead atoms. The summed E-state index contributed by atoms with van der Waals surface area (Å²) < 4.78 is 0. The van der Waals surface area contributed by atoms with Crippen LogP contribution >= 0.6 is 0 Å². The van der Waals surface area contributed by atoms with Crippen LogP contribution < -0.4 is 0 Å². The highest BCUT2D eigenvalue weighted by molar-refractivity contribution is 5.83. The molecule has 1 N–H and O–H groups in total. The minimum absolute atomic E-state index is 0.0260. The summed E-state index contributed by atoms with van der Waals surface area (Å²) in [5.41, 5.74) is 5.03. The lowest BCUT2D eigenvalue weighted by atomic mass is 9.70. The van der Waals surface area contributed by atoms with Crippen LogP contribution in [0.5, 0.6) is 0 Å². The molecule has 0 radical (unpaired) electrons. The van der Waals surface area contributed by atoms with E-state index in [1.807, 2.05) is 0 Å². The fraction of sp³-hybridized carbons (Fsp3) is 0.391. The van der Waals surface area contributed by atoms with E-state index >= 15 is 0 Å². The summed E-state index contributed by atoms with van der Waals surface area (Å²) in [4.78, 5) is 0. The number of hydrogen-bond donors (Lipinski definition) is 1. The molecule has 24 heavy (non-hydrogen) atoms. The molecule has 2 fully saturated rings. The van der Waals surface area contributed by atoms with Crippen LogP contribution in [-0.4, -0.2) is 11.2 Å². The van der Waals surface area contributed by atoms with Crippen molar-refractivity contribution in [2.45, 2.75) is 39.7 Å². The van der Waals surface area contributed by atoms with Crippen LogP contribution in [0.2, 0.25) is 0 Å². The molecule has 0 spiro atoms. The number of fused-ring (bicyclic) bond motifs is 2. The van der Waals surface area contributed by atoms with Gasteiger partial charge in [0.05, 0.1) is 6.10 Å². The molecule has 3 atom stereocenters. The summed E-state index contributed by atoms with van der Waals surface area (Å²) in [6, 6.07) is 21.1. The topological polar surface area (TPSA) is 20.2 Å². The van der Waals surface area contributed by atoms with Crippen molar-refractivity contribution in [2.75, 3.05) is 0 Å². The standard InChI is InChI=1S/C23H26O/c1-22(2)18-14-15-23(22,3)21(24)20(18)19(16-10-6-4-7-11-16)17-12-8-5-9-13-17/h4-13,18,21,24H,14-15H2,1-3H3/t18-,21-,23-/m1/s1. The van der Waals surface area contributed by atoms with E-state index in [0.717, 1.165) is 6.42 Å². The quantitative estimate of drug-likeness (QED) is 0.796. The molecular weight excluding hydrogens is 292 g/mol. The molecule has 2 aliphatic rings. The average molecular weight is 318 g/mol. The van der Waals surface area contributed by atoms with Gasteiger partial charge in [-0.25, -0.2) is 0 Å². The molecule has 1 heteroatoms. The Hall–Kier alpha value is -1.86. The summed E-state index contributed by atoms with van der Waals surface area (Å²) in [6.45, 7) is 6.96. The highest BCUT2D eigenvalue weighted by Crippen LogP contribution is 2.68. The van der Waals surface area contributed by atoms with Crippen molar-refractivity contribution < 1.29 is 5.11 Å². The number of rotatable bonds is 2. The second kappa shape index (κ2) is 5.32. The summed E-state index contributed by atoms with van der Waals surface area (Å²) in [5.74, 6) is 0.452. The van der Waals surface area contributed by atoms with Crippen molar-refractivity contribution in [2.24, 2.45) is 16.7 Å². The summed E-state index contributed by atoms with van der Waals surface area (Å²) in [5, 5.41) is 11.3. The van der Waals surface area contributed by atoms with Crippen LogP contribution in [0, 0.1) is 16.7 Å². The largest absolute Gasteiger partial charge is 0.388 e. The van der Waals surface area contributed by atoms with Gasteiger partial charge < -0.3 is 5.11 Å². The number of aliphatic hydroxyl groups excluding tert-OH is 1. The first-order chi connectivity index (χ1) is 11.5. The van der Waals surface area contributed by atoms with E-state index in [9.17, 15) is 5.11 Å². The van der Waals surface area contributed by atoms with Crippen molar-refractivity contribution in [3.8, 4) is 0 Å². The van der Waals surface area contributed by atoms with E-state index in [1.165, 1.54) is 28.7 Å². The Morgan fingerprint density at radius 2 is 1.38 bits per heavy atom. The van der Waals surface area contributed by atoms with Gasteiger partial charge in [0, 0.05) is 5.41 Å². The first-order valence-electron chi connectivity index (χ1n) is 9.00. The highest BCUT2D eigenvalue weighted by atomic mass is 16.3. The van der Waals surface area contributed by atoms with E-state index in [1.54, 1.807) is 0 Å². The van der Waals surface area contributed by atoms with Crippen molar-refractivity contribution in [3.05, 3.63) is 77.4 Å². The Morgan fingerprint density at radius 1 is 0.875 bits per heavy atom. The van der Waals surface area contributed by atoms with Crippen LogP contribution in [0.1, 0.15) is 44.7 Å². The maximum Gasteiger partial charge on any atom is 0.0821 e. The molecule has 0 aromatic heterocycles. The molecule has 1 nitrogen and oxygen atoms in total. The first kappa shape index (κ1) is 15.7. The molecule has 0 heterocycles. The van der Waals surface area contributed by atoms with E-state index in [2.05, 4.69) is 81.4 Å². The Kier molecular flexibility index (Phi) is 3.47. The first-order valence-corrected chi connectivity index (χ1v) is 9.00. The molecule has 2 aromatic rings. The van der Waals surface area contributed by atoms with E-state index < -0.39 is 0 Å². The van der Waals surface area contributed by atoms with Gasteiger partial charge >= 0.3 is 0 Å². The second-order valence-corrected chi connectivity index (χ2v) is 8.20. The second-order valence-electron chi connectivity index (χ2n) is 8.20. The zero-order valence-corrected chi connectivity index (χ0v) is 14.8. The van der Waals surface area contributed by atoms with E-state index in [4.69, 9.17) is 0 Å². The van der Waals surface area contributed by atoms with Gasteiger partial charge in [0.25, 0.3) is 0 Å². The molecule has 2 aromatic carbocycles. The van der Waals surface area contributed by atoms with E-state index in [0.29, 0.717) is 5.92 Å². The molecule has 0 unspecified atom stereocenters. The third-order valence-electron chi connectivity index (χ3n) is 6.98. The molecule has 0 saturated heterocycles. The smallest absolute Gasteiger partial charge is 0.0821 e. The predicted molar refractivity (Wildman–Crippen MR) is 99.5 cm³/mol. The fourth-order valence-corrected chi connectivity index (χ4v) is 5.11. The van der Waals surface area contributed by atoms with Crippen molar-refractivity contribution in [1.82, 2.24) is 0 Å². The van der Waals surface area contributed by atoms with Crippen LogP contribution in [0.3, 0.4) is 0 Å². The van der Waals surface area contributed by atoms with Gasteiger partial charge in [-0.1, -0.05) is 81.4 Å². The monoisotopic (exact) mass is 318 g/mol. The van der Waals surface area contributed by atoms with E-state index in [-0.39, 0.29) is 16.9 Å². The van der Waals surface area contributed by atoms with Gasteiger partial charge in [-0.15, -0.1) is 0 Å². The zero-order valence-electron chi connectivity index (χ0n) is 14.8. The van der Waals surface area contributed by atoms with Gasteiger partial charge in [-0.2, -0.15) is 0 Å². The van der Waals surface area contributed by atoms with Crippen molar-refractivity contribution in [1.29, 1.82) is 0 Å². The lowest BCUT2D eigenvalue weighted by Gasteiger charge is -2.36. The minimum Gasteiger partial charge on any atom is -0.388 e. The van der Waals surface area contributed by atoms with Gasteiger partial charge in [-0.3, -0.25) is 0 Å². The van der Waals surface area contributed by atoms with Gasteiger partial charge in [0.15, 0.2) is 0 Å².